The van der Waals surface area contributed by atoms with Crippen molar-refractivity contribution in [2.45, 2.75) is 12.3 Å². The van der Waals surface area contributed by atoms with Gasteiger partial charge in [-0.2, -0.15) is 0 Å². The van der Waals surface area contributed by atoms with Crippen LogP contribution in [-0.4, -0.2) is 36.7 Å². The van der Waals surface area contributed by atoms with Crippen molar-refractivity contribution >= 4 is 11.7 Å². The smallest absolute Gasteiger partial charge is 0.271 e. The van der Waals surface area contributed by atoms with Gasteiger partial charge in [0.15, 0.2) is 11.5 Å². The summed E-state index contributed by atoms with van der Waals surface area (Å²) in [6, 6.07) is 24.2. The summed E-state index contributed by atoms with van der Waals surface area (Å²) in [7, 11) is 3.77. The van der Waals surface area contributed by atoms with E-state index in [1.54, 1.807) is 12.1 Å². The number of nitrogens with zero attached hydrogens (tertiary/aromatic N) is 3. The number of nitrogens with one attached hydrogen (secondary N) is 1. The Bertz CT molecular complexity index is 809. The van der Waals surface area contributed by atoms with Gasteiger partial charge in [-0.3, -0.25) is 4.79 Å². The molecule has 5 nitrogen and oxygen atoms in total. The third-order valence-electron chi connectivity index (χ3n) is 4.46. The molecule has 2 aromatic carbocycles. The molecule has 0 atom stereocenters. The van der Waals surface area contributed by atoms with E-state index < -0.39 is 0 Å². The number of rotatable bonds is 7. The van der Waals surface area contributed by atoms with Gasteiger partial charge >= 0.3 is 0 Å². The quantitative estimate of drug-likeness (QED) is 0.701. The largest absolute Gasteiger partial charge is 0.361 e. The molecule has 1 aromatic heterocycles. The maximum atomic E-state index is 12.4. The molecule has 0 saturated heterocycles. The summed E-state index contributed by atoms with van der Waals surface area (Å²) in [5.41, 5.74) is 2.82. The second-order valence-corrected chi connectivity index (χ2v) is 6.59. The van der Waals surface area contributed by atoms with E-state index in [1.807, 2.05) is 55.4 Å². The topological polar surface area (TPSA) is 58.1 Å². The second kappa shape index (κ2) is 8.94. The van der Waals surface area contributed by atoms with Gasteiger partial charge in [-0.1, -0.05) is 60.7 Å². The van der Waals surface area contributed by atoms with Crippen molar-refractivity contribution in [2.24, 2.45) is 0 Å². The minimum absolute atomic E-state index is 0.201. The van der Waals surface area contributed by atoms with Gasteiger partial charge in [0.2, 0.25) is 0 Å². The van der Waals surface area contributed by atoms with Crippen LogP contribution in [0.4, 0.5) is 5.82 Å². The molecule has 0 aliphatic rings. The molecule has 0 radical (unpaired) electrons. The first-order chi connectivity index (χ1) is 13.1. The van der Waals surface area contributed by atoms with Gasteiger partial charge in [-0.15, -0.1) is 10.2 Å². The zero-order valence-electron chi connectivity index (χ0n) is 15.7. The van der Waals surface area contributed by atoms with Crippen molar-refractivity contribution in [1.29, 1.82) is 0 Å². The summed E-state index contributed by atoms with van der Waals surface area (Å²) in [6.07, 6.45) is 0.809. The van der Waals surface area contributed by atoms with E-state index in [-0.39, 0.29) is 11.8 Å². The zero-order chi connectivity index (χ0) is 19.1. The molecule has 0 saturated carbocycles. The SMILES string of the molecule is CN(C)c1ccc(C(=O)NCCC(c2ccccc2)c2ccccc2)nn1. The molecular formula is C22H24N4O. The Kier molecular flexibility index (Phi) is 6.15. The number of hydrogen-bond donors (Lipinski definition) is 1. The highest BCUT2D eigenvalue weighted by Gasteiger charge is 2.15. The Morgan fingerprint density at radius 3 is 1.96 bits per heavy atom. The molecule has 1 heterocycles. The molecule has 1 N–H and O–H groups in total. The molecule has 138 valence electrons. The van der Waals surface area contributed by atoms with Crippen LogP contribution in [-0.2, 0) is 0 Å². The lowest BCUT2D eigenvalue weighted by Gasteiger charge is -2.18. The summed E-state index contributed by atoms with van der Waals surface area (Å²) in [5.74, 6) is 0.752. The van der Waals surface area contributed by atoms with E-state index in [9.17, 15) is 4.79 Å². The number of carbonyl (C=O) groups excluding carboxylic acids is 1. The highest BCUT2D eigenvalue weighted by molar-refractivity contribution is 5.92. The van der Waals surface area contributed by atoms with Gasteiger partial charge < -0.3 is 10.2 Å². The monoisotopic (exact) mass is 360 g/mol. The predicted molar refractivity (Wildman–Crippen MR) is 108 cm³/mol. The van der Waals surface area contributed by atoms with E-state index in [0.717, 1.165) is 12.2 Å². The Morgan fingerprint density at radius 1 is 0.889 bits per heavy atom. The Balaban J connectivity index is 1.65. The maximum absolute atomic E-state index is 12.4. The first-order valence-electron chi connectivity index (χ1n) is 9.04. The maximum Gasteiger partial charge on any atom is 0.271 e. The standard InChI is InChI=1S/C22H24N4O/c1-26(2)21-14-13-20(24-25-21)22(27)23-16-15-19(17-9-5-3-6-10-17)18-11-7-4-8-12-18/h3-14,19H,15-16H2,1-2H3,(H,23,27). The van der Waals surface area contributed by atoms with Gasteiger partial charge in [0.25, 0.3) is 5.91 Å². The van der Waals surface area contributed by atoms with Crippen molar-refractivity contribution in [3.05, 3.63) is 89.6 Å². The van der Waals surface area contributed by atoms with Gasteiger partial charge in [-0.25, -0.2) is 0 Å². The number of carbonyl (C=O) groups is 1. The molecular weight excluding hydrogens is 336 g/mol. The molecule has 0 bridgehead atoms. The molecule has 0 fully saturated rings. The van der Waals surface area contributed by atoms with Crippen molar-refractivity contribution in [2.75, 3.05) is 25.5 Å². The van der Waals surface area contributed by atoms with Crippen LogP contribution in [0.3, 0.4) is 0 Å². The van der Waals surface area contributed by atoms with Crippen molar-refractivity contribution in [1.82, 2.24) is 15.5 Å². The van der Waals surface area contributed by atoms with Crippen LogP contribution in [0.1, 0.15) is 34.0 Å². The summed E-state index contributed by atoms with van der Waals surface area (Å²) >= 11 is 0. The molecule has 0 spiro atoms. The summed E-state index contributed by atoms with van der Waals surface area (Å²) in [4.78, 5) is 14.2. The average Bonchev–Trinajstić information content (AvgIpc) is 2.72. The van der Waals surface area contributed by atoms with E-state index in [0.29, 0.717) is 12.2 Å². The number of anilines is 1. The number of aromatic nitrogens is 2. The van der Waals surface area contributed by atoms with Crippen LogP contribution in [0.2, 0.25) is 0 Å². The van der Waals surface area contributed by atoms with E-state index in [1.165, 1.54) is 11.1 Å². The minimum atomic E-state index is -0.201. The van der Waals surface area contributed by atoms with Crippen LogP contribution in [0, 0.1) is 0 Å². The van der Waals surface area contributed by atoms with E-state index >= 15 is 0 Å². The Morgan fingerprint density at radius 2 is 1.48 bits per heavy atom. The summed E-state index contributed by atoms with van der Waals surface area (Å²) < 4.78 is 0. The fourth-order valence-corrected chi connectivity index (χ4v) is 3.00. The Hall–Kier alpha value is -3.21. The summed E-state index contributed by atoms with van der Waals surface area (Å²) in [5, 5.41) is 11.0. The molecule has 3 aromatic rings. The van der Waals surface area contributed by atoms with E-state index in [4.69, 9.17) is 0 Å². The first kappa shape index (κ1) is 18.6. The van der Waals surface area contributed by atoms with Gasteiger partial charge in [0, 0.05) is 26.6 Å². The molecule has 0 unspecified atom stereocenters. The molecule has 1 amide bonds. The lowest BCUT2D eigenvalue weighted by molar-refractivity contribution is 0.0947. The van der Waals surface area contributed by atoms with Crippen molar-refractivity contribution in [3.63, 3.8) is 0 Å². The van der Waals surface area contributed by atoms with E-state index in [2.05, 4.69) is 39.8 Å². The predicted octanol–water partition coefficient (Wildman–Crippen LogP) is 3.49. The number of hydrogen-bond acceptors (Lipinski definition) is 4. The third-order valence-corrected chi connectivity index (χ3v) is 4.46. The number of amides is 1. The summed E-state index contributed by atoms with van der Waals surface area (Å²) in [6.45, 7) is 0.560. The Labute approximate surface area is 160 Å². The van der Waals surface area contributed by atoms with Crippen LogP contribution in [0.25, 0.3) is 0 Å². The first-order valence-corrected chi connectivity index (χ1v) is 9.04. The fourth-order valence-electron chi connectivity index (χ4n) is 3.00. The molecule has 0 aliphatic carbocycles. The molecule has 5 heteroatoms. The molecule has 3 rings (SSSR count). The van der Waals surface area contributed by atoms with Gasteiger partial charge in [0.1, 0.15) is 0 Å². The van der Waals surface area contributed by atoms with Crippen LogP contribution >= 0.6 is 0 Å². The second-order valence-electron chi connectivity index (χ2n) is 6.59. The van der Waals surface area contributed by atoms with Crippen molar-refractivity contribution in [3.8, 4) is 0 Å². The third kappa shape index (κ3) is 4.91. The highest BCUT2D eigenvalue weighted by Crippen LogP contribution is 2.27. The molecule has 27 heavy (non-hydrogen) atoms. The van der Waals surface area contributed by atoms with Crippen LogP contribution in [0.15, 0.2) is 72.8 Å². The van der Waals surface area contributed by atoms with Gasteiger partial charge in [-0.05, 0) is 29.7 Å². The minimum Gasteiger partial charge on any atom is -0.361 e. The average molecular weight is 360 g/mol. The number of benzene rings is 2. The van der Waals surface area contributed by atoms with Crippen LogP contribution in [0.5, 0.6) is 0 Å². The lowest BCUT2D eigenvalue weighted by Crippen LogP contribution is -2.27. The zero-order valence-corrected chi connectivity index (χ0v) is 15.7. The highest BCUT2D eigenvalue weighted by atomic mass is 16.1. The van der Waals surface area contributed by atoms with Crippen molar-refractivity contribution < 1.29 is 4.79 Å². The lowest BCUT2D eigenvalue weighted by atomic mass is 9.88. The molecule has 0 aliphatic heterocycles. The fraction of sp³-hybridized carbons (Fsp3) is 0.227. The normalized spacial score (nSPS) is 10.6. The van der Waals surface area contributed by atoms with Gasteiger partial charge in [0.05, 0.1) is 0 Å². The van der Waals surface area contributed by atoms with Crippen LogP contribution < -0.4 is 10.2 Å².